The van der Waals surface area contributed by atoms with Crippen molar-refractivity contribution in [2.45, 2.75) is 6.92 Å². The summed E-state index contributed by atoms with van der Waals surface area (Å²) < 4.78 is 14.7. The van der Waals surface area contributed by atoms with Crippen molar-refractivity contribution in [2.75, 3.05) is 5.32 Å². The van der Waals surface area contributed by atoms with Crippen LogP contribution in [-0.4, -0.2) is 25.7 Å². The lowest BCUT2D eigenvalue weighted by molar-refractivity contribution is 0.102. The van der Waals surface area contributed by atoms with Crippen molar-refractivity contribution < 1.29 is 9.18 Å². The first-order valence-electron chi connectivity index (χ1n) is 8.07. The highest BCUT2D eigenvalue weighted by atomic mass is 35.5. The number of carbonyl (C=O) groups excluding carboxylic acids is 1. The van der Waals surface area contributed by atoms with Gasteiger partial charge >= 0.3 is 0 Å². The minimum absolute atomic E-state index is 0.159. The first-order valence-corrected chi connectivity index (χ1v) is 8.44. The average molecular weight is 382 g/mol. The van der Waals surface area contributed by atoms with Gasteiger partial charge in [0.25, 0.3) is 5.91 Å². The molecule has 1 amide bonds. The summed E-state index contributed by atoms with van der Waals surface area (Å²) in [6.07, 6.45) is 1.62. The number of amides is 1. The fourth-order valence-electron chi connectivity index (χ4n) is 2.72. The number of benzene rings is 2. The van der Waals surface area contributed by atoms with Gasteiger partial charge in [-0.15, -0.1) is 10.2 Å². The van der Waals surface area contributed by atoms with E-state index in [4.69, 9.17) is 11.6 Å². The molecule has 0 unspecified atom stereocenters. The lowest BCUT2D eigenvalue weighted by Gasteiger charge is -2.08. The van der Waals surface area contributed by atoms with Crippen LogP contribution in [0.4, 0.5) is 10.1 Å². The summed E-state index contributed by atoms with van der Waals surface area (Å²) in [5, 5.41) is 15.9. The van der Waals surface area contributed by atoms with Crippen LogP contribution >= 0.6 is 11.6 Å². The predicted octanol–water partition coefficient (Wildman–Crippen LogP) is 4.14. The zero-order chi connectivity index (χ0) is 19.0. The molecule has 27 heavy (non-hydrogen) atoms. The zero-order valence-corrected chi connectivity index (χ0v) is 14.9. The van der Waals surface area contributed by atoms with Crippen LogP contribution in [0.1, 0.15) is 16.2 Å². The largest absolute Gasteiger partial charge is 0.321 e. The van der Waals surface area contributed by atoms with Crippen LogP contribution in [-0.2, 0) is 0 Å². The lowest BCUT2D eigenvalue weighted by Crippen LogP contribution is -2.18. The number of hydrogen-bond donors (Lipinski definition) is 1. The molecule has 0 saturated heterocycles. The van der Waals surface area contributed by atoms with Crippen LogP contribution in [0.3, 0.4) is 0 Å². The molecule has 0 radical (unpaired) electrons. The first kappa shape index (κ1) is 17.1. The number of fused-ring (bicyclic) bond motifs is 1. The number of anilines is 1. The Morgan fingerprint density at radius 3 is 2.48 bits per heavy atom. The number of hydrogen-bond acceptors (Lipinski definition) is 4. The Kier molecular flexibility index (Phi) is 4.29. The van der Waals surface area contributed by atoms with Crippen molar-refractivity contribution in [2.24, 2.45) is 0 Å². The summed E-state index contributed by atoms with van der Waals surface area (Å²) in [7, 11) is 0. The smallest absolute Gasteiger partial charge is 0.278 e. The predicted molar refractivity (Wildman–Crippen MR) is 100 cm³/mol. The summed E-state index contributed by atoms with van der Waals surface area (Å²) in [6, 6.07) is 12.8. The van der Waals surface area contributed by atoms with Gasteiger partial charge in [-0.25, -0.2) is 8.91 Å². The molecule has 8 heteroatoms. The number of carbonyl (C=O) groups is 1. The van der Waals surface area contributed by atoms with Crippen LogP contribution in [0.5, 0.6) is 0 Å². The number of aryl methyl sites for hydroxylation is 1. The standard InChI is InChI=1S/C19H13ClFN5O/c1-11-17(19(27)23-15-8-4-13(20)5-9-15)24-25-18-16(10-22-26(11)18)12-2-6-14(21)7-3-12/h2-10H,1H3,(H,23,27). The van der Waals surface area contributed by atoms with Gasteiger partial charge in [0.05, 0.1) is 11.9 Å². The number of rotatable bonds is 3. The quantitative estimate of drug-likeness (QED) is 0.578. The molecule has 6 nitrogen and oxygen atoms in total. The maximum absolute atomic E-state index is 13.1. The molecule has 2 aromatic carbocycles. The van der Waals surface area contributed by atoms with E-state index in [1.165, 1.54) is 12.1 Å². The molecule has 0 saturated carbocycles. The minimum atomic E-state index is -0.400. The van der Waals surface area contributed by atoms with E-state index < -0.39 is 5.91 Å². The average Bonchev–Trinajstić information content (AvgIpc) is 3.09. The van der Waals surface area contributed by atoms with Crippen molar-refractivity contribution >= 4 is 28.8 Å². The Morgan fingerprint density at radius 2 is 1.78 bits per heavy atom. The Morgan fingerprint density at radius 1 is 1.07 bits per heavy atom. The molecular weight excluding hydrogens is 369 g/mol. The molecule has 2 aromatic heterocycles. The van der Waals surface area contributed by atoms with Crippen LogP contribution in [0.25, 0.3) is 16.8 Å². The molecule has 4 aromatic rings. The van der Waals surface area contributed by atoms with Crippen molar-refractivity contribution in [3.63, 3.8) is 0 Å². The van der Waals surface area contributed by atoms with Gasteiger partial charge in [-0.3, -0.25) is 4.79 Å². The summed E-state index contributed by atoms with van der Waals surface area (Å²) >= 11 is 5.85. The molecule has 0 aliphatic rings. The number of halogens is 2. The third-order valence-electron chi connectivity index (χ3n) is 4.12. The molecule has 2 heterocycles. The van der Waals surface area contributed by atoms with Gasteiger partial charge in [0, 0.05) is 16.3 Å². The van der Waals surface area contributed by atoms with Crippen molar-refractivity contribution in [3.05, 3.63) is 77.0 Å². The Hall–Kier alpha value is -3.32. The van der Waals surface area contributed by atoms with E-state index in [1.54, 1.807) is 54.0 Å². The SMILES string of the molecule is Cc1c(C(=O)Nc2ccc(Cl)cc2)nnc2c(-c3ccc(F)cc3)cnn12. The number of nitrogens with zero attached hydrogens (tertiary/aromatic N) is 4. The Labute approximate surface area is 158 Å². The minimum Gasteiger partial charge on any atom is -0.321 e. The van der Waals surface area contributed by atoms with Gasteiger partial charge < -0.3 is 5.32 Å². The second-order valence-electron chi connectivity index (χ2n) is 5.90. The monoisotopic (exact) mass is 381 g/mol. The molecule has 134 valence electrons. The highest BCUT2D eigenvalue weighted by molar-refractivity contribution is 6.30. The second kappa shape index (κ2) is 6.77. The van der Waals surface area contributed by atoms with Gasteiger partial charge in [-0.1, -0.05) is 23.7 Å². The molecule has 0 atom stereocenters. The number of aromatic nitrogens is 4. The van der Waals surface area contributed by atoms with Crippen molar-refractivity contribution in [1.29, 1.82) is 0 Å². The highest BCUT2D eigenvalue weighted by Gasteiger charge is 2.18. The van der Waals surface area contributed by atoms with Crippen LogP contribution < -0.4 is 5.32 Å². The number of nitrogens with one attached hydrogen (secondary N) is 1. The maximum atomic E-state index is 13.1. The van der Waals surface area contributed by atoms with E-state index in [0.29, 0.717) is 27.6 Å². The van der Waals surface area contributed by atoms with Crippen molar-refractivity contribution in [3.8, 4) is 11.1 Å². The van der Waals surface area contributed by atoms with E-state index >= 15 is 0 Å². The lowest BCUT2D eigenvalue weighted by atomic mass is 10.1. The molecule has 0 aliphatic heterocycles. The normalized spacial score (nSPS) is 10.9. The van der Waals surface area contributed by atoms with Gasteiger partial charge in [-0.2, -0.15) is 5.10 Å². The highest BCUT2D eigenvalue weighted by Crippen LogP contribution is 2.24. The Balaban J connectivity index is 1.69. The molecule has 1 N–H and O–H groups in total. The molecular formula is C19H13ClFN5O. The Bertz CT molecular complexity index is 1140. The van der Waals surface area contributed by atoms with Crippen molar-refractivity contribution in [1.82, 2.24) is 19.8 Å². The van der Waals surface area contributed by atoms with Crippen LogP contribution in [0, 0.1) is 12.7 Å². The molecule has 0 spiro atoms. The summed E-state index contributed by atoms with van der Waals surface area (Å²) in [4.78, 5) is 12.5. The fraction of sp³-hybridized carbons (Fsp3) is 0.0526. The first-order chi connectivity index (χ1) is 13.0. The van der Waals surface area contributed by atoms with Crippen LogP contribution in [0.15, 0.2) is 54.7 Å². The zero-order valence-electron chi connectivity index (χ0n) is 14.1. The third kappa shape index (κ3) is 3.24. The van der Waals surface area contributed by atoms with Gasteiger partial charge in [0.15, 0.2) is 11.3 Å². The van der Waals surface area contributed by atoms with E-state index in [9.17, 15) is 9.18 Å². The molecule has 0 bridgehead atoms. The third-order valence-corrected chi connectivity index (χ3v) is 4.37. The van der Waals surface area contributed by atoms with Gasteiger partial charge in [-0.05, 0) is 48.9 Å². The summed E-state index contributed by atoms with van der Waals surface area (Å²) in [6.45, 7) is 1.74. The molecule has 0 fully saturated rings. The fourth-order valence-corrected chi connectivity index (χ4v) is 2.85. The molecule has 0 aliphatic carbocycles. The summed E-state index contributed by atoms with van der Waals surface area (Å²) in [5.74, 6) is -0.721. The summed E-state index contributed by atoms with van der Waals surface area (Å²) in [5.41, 5.74) is 3.25. The van der Waals surface area contributed by atoms with E-state index in [-0.39, 0.29) is 11.5 Å². The topological polar surface area (TPSA) is 72.2 Å². The van der Waals surface area contributed by atoms with Gasteiger partial charge in [0.1, 0.15) is 5.82 Å². The van der Waals surface area contributed by atoms with E-state index in [1.807, 2.05) is 0 Å². The maximum Gasteiger partial charge on any atom is 0.278 e. The van der Waals surface area contributed by atoms with E-state index in [0.717, 1.165) is 5.56 Å². The second-order valence-corrected chi connectivity index (χ2v) is 6.33. The molecule has 4 rings (SSSR count). The van der Waals surface area contributed by atoms with E-state index in [2.05, 4.69) is 20.6 Å². The van der Waals surface area contributed by atoms with Gasteiger partial charge in [0.2, 0.25) is 0 Å². The van der Waals surface area contributed by atoms with Crippen LogP contribution in [0.2, 0.25) is 5.02 Å².